The molecule has 0 aliphatic rings. The summed E-state index contributed by atoms with van der Waals surface area (Å²) in [7, 11) is 1.24. The van der Waals surface area contributed by atoms with Crippen molar-refractivity contribution in [3.8, 4) is 0 Å². The number of ether oxygens (including phenoxy) is 1. The number of nitrogens with one attached hydrogen (secondary N) is 2. The molecule has 9 heteroatoms. The number of rotatable bonds is 5. The number of hydrogen-bond acceptors (Lipinski definition) is 6. The Labute approximate surface area is 143 Å². The van der Waals surface area contributed by atoms with E-state index in [1.807, 2.05) is 20.8 Å². The number of amides is 2. The monoisotopic (exact) mass is 358 g/mol. The number of carbonyl (C=O) groups is 3. The van der Waals surface area contributed by atoms with Crippen LogP contribution in [-0.4, -0.2) is 47.4 Å². The van der Waals surface area contributed by atoms with E-state index in [1.165, 1.54) is 18.4 Å². The van der Waals surface area contributed by atoms with Gasteiger partial charge in [-0.1, -0.05) is 20.8 Å². The van der Waals surface area contributed by atoms with Crippen LogP contribution in [0.25, 0.3) is 0 Å². The number of anilines is 1. The van der Waals surface area contributed by atoms with Gasteiger partial charge in [0.15, 0.2) is 5.60 Å². The van der Waals surface area contributed by atoms with Gasteiger partial charge in [0.25, 0.3) is 0 Å². The van der Waals surface area contributed by atoms with Crippen molar-refractivity contribution in [1.29, 1.82) is 0 Å². The summed E-state index contributed by atoms with van der Waals surface area (Å²) in [5.74, 6) is -2.04. The smallest absolute Gasteiger partial charge is 0.340 e. The molecule has 0 spiro atoms. The van der Waals surface area contributed by atoms with Crippen LogP contribution in [0.4, 0.5) is 9.80 Å². The fourth-order valence-electron chi connectivity index (χ4n) is 1.59. The van der Waals surface area contributed by atoms with Crippen LogP contribution in [0.1, 0.15) is 42.9 Å². The van der Waals surface area contributed by atoms with E-state index in [9.17, 15) is 19.5 Å². The molecule has 0 bridgehead atoms. The highest BCUT2D eigenvalue weighted by molar-refractivity contribution is 7.16. The number of thiophene rings is 1. The van der Waals surface area contributed by atoms with Gasteiger partial charge in [-0.05, 0) is 18.4 Å². The molecule has 1 heterocycles. The molecule has 24 heavy (non-hydrogen) atoms. The first-order chi connectivity index (χ1) is 10.9. The second kappa shape index (κ2) is 7.18. The molecule has 0 radical (unpaired) electrons. The lowest BCUT2D eigenvalue weighted by Gasteiger charge is -2.18. The predicted octanol–water partition coefficient (Wildman–Crippen LogP) is 1.79. The zero-order valence-electron chi connectivity index (χ0n) is 14.2. The molecule has 0 saturated heterocycles. The molecule has 8 nitrogen and oxygen atoms in total. The van der Waals surface area contributed by atoms with Gasteiger partial charge >= 0.3 is 18.0 Å². The van der Waals surface area contributed by atoms with Crippen molar-refractivity contribution in [3.05, 3.63) is 16.5 Å². The van der Waals surface area contributed by atoms with Crippen LogP contribution in [0.15, 0.2) is 6.07 Å². The van der Waals surface area contributed by atoms with Gasteiger partial charge in [-0.2, -0.15) is 0 Å². The van der Waals surface area contributed by atoms with Crippen molar-refractivity contribution in [2.24, 2.45) is 0 Å². The summed E-state index contributed by atoms with van der Waals surface area (Å²) in [5, 5.41) is 23.4. The number of methoxy groups -OCH3 is 1. The van der Waals surface area contributed by atoms with Crippen molar-refractivity contribution in [1.82, 2.24) is 5.32 Å². The Hall–Kier alpha value is -2.13. The molecule has 1 rings (SSSR count). The number of aliphatic carboxylic acids is 1. The molecule has 0 fully saturated rings. The van der Waals surface area contributed by atoms with Gasteiger partial charge in [0.05, 0.1) is 19.2 Å². The highest BCUT2D eigenvalue weighted by atomic mass is 32.1. The van der Waals surface area contributed by atoms with E-state index >= 15 is 0 Å². The minimum atomic E-state index is -2.09. The van der Waals surface area contributed by atoms with E-state index in [4.69, 9.17) is 9.84 Å². The fourth-order valence-corrected chi connectivity index (χ4v) is 2.69. The van der Waals surface area contributed by atoms with E-state index in [0.717, 1.165) is 11.8 Å². The van der Waals surface area contributed by atoms with Crippen molar-refractivity contribution in [2.75, 3.05) is 19.0 Å². The third-order valence-corrected chi connectivity index (χ3v) is 4.63. The Morgan fingerprint density at radius 3 is 2.29 bits per heavy atom. The van der Waals surface area contributed by atoms with Gasteiger partial charge in [0.1, 0.15) is 5.00 Å². The standard InChI is InChI=1S/C15H22N2O6S/c1-14(2,3)9-6-8(11(18)23-5)10(24-9)17-13(21)16-7-15(4,22)12(19)20/h6,22H,7H2,1-5H3,(H,19,20)(H2,16,17,21). The van der Waals surface area contributed by atoms with Crippen molar-refractivity contribution >= 4 is 34.3 Å². The van der Waals surface area contributed by atoms with E-state index in [2.05, 4.69) is 10.6 Å². The number of esters is 1. The average Bonchev–Trinajstić information content (AvgIpc) is 2.88. The maximum Gasteiger partial charge on any atom is 0.340 e. The first kappa shape index (κ1) is 19.9. The molecule has 1 aromatic rings. The molecule has 0 saturated carbocycles. The molecule has 2 amide bonds. The summed E-state index contributed by atoms with van der Waals surface area (Å²) in [6.07, 6.45) is 0. The normalized spacial score (nSPS) is 13.8. The predicted molar refractivity (Wildman–Crippen MR) is 89.6 cm³/mol. The van der Waals surface area contributed by atoms with Gasteiger partial charge < -0.3 is 20.3 Å². The Kier molecular flexibility index (Phi) is 5.96. The van der Waals surface area contributed by atoms with Crippen LogP contribution >= 0.6 is 11.3 Å². The third-order valence-electron chi connectivity index (χ3n) is 3.16. The van der Waals surface area contributed by atoms with Gasteiger partial charge in [-0.3, -0.25) is 5.32 Å². The summed E-state index contributed by atoms with van der Waals surface area (Å²) >= 11 is 1.23. The quantitative estimate of drug-likeness (QED) is 0.595. The number of urea groups is 1. The first-order valence-electron chi connectivity index (χ1n) is 7.11. The van der Waals surface area contributed by atoms with Gasteiger partial charge in [0, 0.05) is 4.88 Å². The molecule has 4 N–H and O–H groups in total. The minimum Gasteiger partial charge on any atom is -0.479 e. The molecule has 1 unspecified atom stereocenters. The van der Waals surface area contributed by atoms with Crippen LogP contribution < -0.4 is 10.6 Å². The molecule has 0 aliphatic carbocycles. The summed E-state index contributed by atoms with van der Waals surface area (Å²) in [4.78, 5) is 35.5. The Morgan fingerprint density at radius 2 is 1.83 bits per heavy atom. The van der Waals surface area contributed by atoms with E-state index in [-0.39, 0.29) is 11.0 Å². The number of carboxylic acids is 1. The summed E-state index contributed by atoms with van der Waals surface area (Å²) in [5.41, 5.74) is -2.10. The van der Waals surface area contributed by atoms with Gasteiger partial charge in [0.2, 0.25) is 0 Å². The zero-order valence-corrected chi connectivity index (χ0v) is 15.0. The van der Waals surface area contributed by atoms with Crippen LogP contribution in [-0.2, 0) is 14.9 Å². The second-order valence-corrected chi connectivity index (χ2v) is 7.53. The Balaban J connectivity index is 2.93. The summed E-state index contributed by atoms with van der Waals surface area (Å²) in [6.45, 7) is 6.48. The van der Waals surface area contributed by atoms with Gasteiger partial charge in [-0.25, -0.2) is 14.4 Å². The van der Waals surface area contributed by atoms with Crippen molar-refractivity contribution in [2.45, 2.75) is 38.7 Å². The lowest BCUT2D eigenvalue weighted by molar-refractivity contribution is -0.155. The summed E-state index contributed by atoms with van der Waals surface area (Å²) < 4.78 is 4.71. The van der Waals surface area contributed by atoms with Crippen LogP contribution in [0.5, 0.6) is 0 Å². The minimum absolute atomic E-state index is 0.215. The highest BCUT2D eigenvalue weighted by Gasteiger charge is 2.30. The highest BCUT2D eigenvalue weighted by Crippen LogP contribution is 2.36. The lowest BCUT2D eigenvalue weighted by Crippen LogP contribution is -2.47. The SMILES string of the molecule is COC(=O)c1cc(C(C)(C)C)sc1NC(=O)NCC(C)(O)C(=O)O. The lowest BCUT2D eigenvalue weighted by atomic mass is 9.94. The third kappa shape index (κ3) is 4.93. The van der Waals surface area contributed by atoms with E-state index < -0.39 is 30.1 Å². The molecule has 0 aliphatic heterocycles. The van der Waals surface area contributed by atoms with Crippen LogP contribution in [0, 0.1) is 0 Å². The Morgan fingerprint density at radius 1 is 1.25 bits per heavy atom. The van der Waals surface area contributed by atoms with Gasteiger partial charge in [-0.15, -0.1) is 11.3 Å². The van der Waals surface area contributed by atoms with E-state index in [1.54, 1.807) is 6.07 Å². The van der Waals surface area contributed by atoms with Crippen LogP contribution in [0.2, 0.25) is 0 Å². The number of aliphatic hydroxyl groups is 1. The zero-order chi connectivity index (χ0) is 18.7. The fraction of sp³-hybridized carbons (Fsp3) is 0.533. The number of hydrogen-bond donors (Lipinski definition) is 4. The van der Waals surface area contributed by atoms with Crippen molar-refractivity contribution in [3.63, 3.8) is 0 Å². The first-order valence-corrected chi connectivity index (χ1v) is 7.93. The topological polar surface area (TPSA) is 125 Å². The summed E-state index contributed by atoms with van der Waals surface area (Å²) in [6, 6.07) is 0.920. The largest absolute Gasteiger partial charge is 0.479 e. The van der Waals surface area contributed by atoms with Crippen molar-refractivity contribution < 1.29 is 29.3 Å². The molecule has 1 aromatic heterocycles. The number of carboxylic acid groups (broad SMARTS) is 1. The average molecular weight is 358 g/mol. The number of carbonyl (C=O) groups excluding carboxylic acids is 2. The Bertz CT molecular complexity index is 645. The molecule has 0 aromatic carbocycles. The maximum absolute atomic E-state index is 11.9. The second-order valence-electron chi connectivity index (χ2n) is 6.48. The molecule has 134 valence electrons. The molecular weight excluding hydrogens is 336 g/mol. The molecular formula is C15H22N2O6S. The maximum atomic E-state index is 11.9. The van der Waals surface area contributed by atoms with Crippen LogP contribution in [0.3, 0.4) is 0 Å². The molecule has 1 atom stereocenters. The van der Waals surface area contributed by atoms with E-state index in [0.29, 0.717) is 5.00 Å².